The highest BCUT2D eigenvalue weighted by Crippen LogP contribution is 2.29. The first-order chi connectivity index (χ1) is 13.8. The van der Waals surface area contributed by atoms with E-state index in [-0.39, 0.29) is 5.92 Å². The lowest BCUT2D eigenvalue weighted by Gasteiger charge is -2.33. The van der Waals surface area contributed by atoms with Gasteiger partial charge >= 0.3 is 6.01 Å². The van der Waals surface area contributed by atoms with Crippen LogP contribution in [-0.4, -0.2) is 40.7 Å². The zero-order chi connectivity index (χ0) is 21.0. The topological polar surface area (TPSA) is 107 Å². The van der Waals surface area contributed by atoms with Crippen LogP contribution in [0.25, 0.3) is 0 Å². The average Bonchev–Trinajstić information content (AvgIpc) is 3.18. The number of ether oxygens (including phenoxy) is 1. The first kappa shape index (κ1) is 21.1. The third kappa shape index (κ3) is 5.25. The number of aromatic nitrogens is 3. The predicted octanol–water partition coefficient (Wildman–Crippen LogP) is 3.32. The van der Waals surface area contributed by atoms with Crippen molar-refractivity contribution in [3.63, 3.8) is 0 Å². The average molecular weight is 402 g/mol. The molecule has 2 N–H and O–H groups in total. The van der Waals surface area contributed by atoms with Gasteiger partial charge in [-0.05, 0) is 44.1 Å². The Kier molecular flexibility index (Phi) is 6.71. The monoisotopic (exact) mass is 401 g/mol. The fraction of sp³-hybridized carbons (Fsp3) is 0.619. The minimum Gasteiger partial charge on any atom is -0.478 e. The van der Waals surface area contributed by atoms with E-state index in [2.05, 4.69) is 40.8 Å². The van der Waals surface area contributed by atoms with E-state index in [4.69, 9.17) is 15.0 Å². The molecule has 158 valence electrons. The van der Waals surface area contributed by atoms with Gasteiger partial charge < -0.3 is 19.9 Å². The Morgan fingerprint density at radius 1 is 1.28 bits per heavy atom. The Labute approximate surface area is 171 Å². The van der Waals surface area contributed by atoms with Crippen LogP contribution in [0.3, 0.4) is 0 Å². The smallest absolute Gasteiger partial charge is 0.324 e. The van der Waals surface area contributed by atoms with E-state index < -0.39 is 5.91 Å². The number of carbonyl (C=O) groups is 1. The molecule has 8 heteroatoms. The van der Waals surface area contributed by atoms with Crippen LogP contribution in [0.2, 0.25) is 0 Å². The second-order valence-corrected chi connectivity index (χ2v) is 8.18. The van der Waals surface area contributed by atoms with Gasteiger partial charge in [-0.3, -0.25) is 4.79 Å². The number of hydrogen-bond donors (Lipinski definition) is 1. The first-order valence-electron chi connectivity index (χ1n) is 10.3. The summed E-state index contributed by atoms with van der Waals surface area (Å²) in [7, 11) is 0. The van der Waals surface area contributed by atoms with Crippen molar-refractivity contribution in [2.45, 2.75) is 52.9 Å². The predicted molar refractivity (Wildman–Crippen MR) is 110 cm³/mol. The maximum Gasteiger partial charge on any atom is 0.324 e. The van der Waals surface area contributed by atoms with Gasteiger partial charge in [0.1, 0.15) is 0 Å². The van der Waals surface area contributed by atoms with Gasteiger partial charge in [0.05, 0.1) is 17.9 Å². The maximum absolute atomic E-state index is 11.3. The molecular weight excluding hydrogens is 370 g/mol. The molecule has 1 amide bonds. The van der Waals surface area contributed by atoms with Crippen molar-refractivity contribution < 1.29 is 14.1 Å². The van der Waals surface area contributed by atoms with Crippen LogP contribution >= 0.6 is 0 Å². The summed E-state index contributed by atoms with van der Waals surface area (Å²) in [5.74, 6) is 2.30. The third-order valence-corrected chi connectivity index (χ3v) is 5.71. The van der Waals surface area contributed by atoms with Crippen LogP contribution in [-0.2, 0) is 0 Å². The summed E-state index contributed by atoms with van der Waals surface area (Å²) in [4.78, 5) is 22.3. The van der Waals surface area contributed by atoms with Crippen molar-refractivity contribution in [1.29, 1.82) is 0 Å². The molecule has 3 heterocycles. The molecule has 3 rings (SSSR count). The Bertz CT molecular complexity index is 827. The van der Waals surface area contributed by atoms with E-state index >= 15 is 0 Å². The molecular formula is C21H31N5O3. The number of hydrogen-bond acceptors (Lipinski definition) is 7. The van der Waals surface area contributed by atoms with Crippen LogP contribution in [0.1, 0.15) is 67.8 Å². The molecule has 8 nitrogen and oxygen atoms in total. The fourth-order valence-electron chi connectivity index (χ4n) is 3.71. The molecule has 0 bridgehead atoms. The summed E-state index contributed by atoms with van der Waals surface area (Å²) in [6.07, 6.45) is 3.16. The van der Waals surface area contributed by atoms with Gasteiger partial charge in [0.15, 0.2) is 5.82 Å². The number of aryl methyl sites for hydroxylation is 1. The molecule has 0 saturated carbocycles. The van der Waals surface area contributed by atoms with Gasteiger partial charge in [0, 0.05) is 25.1 Å². The molecule has 1 saturated heterocycles. The normalized spacial score (nSPS) is 16.2. The van der Waals surface area contributed by atoms with Crippen LogP contribution in [0.15, 0.2) is 16.7 Å². The van der Waals surface area contributed by atoms with Gasteiger partial charge in [0.2, 0.25) is 5.88 Å². The van der Waals surface area contributed by atoms with E-state index in [1.165, 1.54) is 0 Å². The standard InChI is InChI=1S/C21H31N5O3/c1-13(2)20-24-21(29-25-20)26-10-7-16(8-11-26)14(3)9-12-28-18-6-5-17(19(22)27)15(4)23-18/h5-6,13-14,16H,7-12H2,1-4H3,(H2,22,27). The lowest BCUT2D eigenvalue weighted by molar-refractivity contribution is 0.0999. The van der Waals surface area contributed by atoms with Crippen molar-refractivity contribution in [2.24, 2.45) is 17.6 Å². The molecule has 1 aliphatic rings. The first-order valence-corrected chi connectivity index (χ1v) is 10.3. The second-order valence-electron chi connectivity index (χ2n) is 8.18. The van der Waals surface area contributed by atoms with Gasteiger partial charge in [-0.1, -0.05) is 25.9 Å². The molecule has 2 aromatic rings. The minimum atomic E-state index is -0.470. The Morgan fingerprint density at radius 3 is 2.59 bits per heavy atom. The van der Waals surface area contributed by atoms with E-state index in [0.717, 1.165) is 38.2 Å². The van der Waals surface area contributed by atoms with Gasteiger partial charge in [-0.25, -0.2) is 4.98 Å². The number of primary amides is 1. The van der Waals surface area contributed by atoms with E-state index in [1.54, 1.807) is 19.1 Å². The molecule has 1 aliphatic heterocycles. The molecule has 2 aromatic heterocycles. The quantitative estimate of drug-likeness (QED) is 0.723. The molecule has 0 aliphatic carbocycles. The second kappa shape index (κ2) is 9.24. The number of amides is 1. The van der Waals surface area contributed by atoms with Gasteiger partial charge in [0.25, 0.3) is 5.91 Å². The lowest BCUT2D eigenvalue weighted by atomic mass is 9.84. The third-order valence-electron chi connectivity index (χ3n) is 5.71. The van der Waals surface area contributed by atoms with Crippen molar-refractivity contribution >= 4 is 11.9 Å². The van der Waals surface area contributed by atoms with Crippen LogP contribution in [0.5, 0.6) is 5.88 Å². The number of carbonyl (C=O) groups excluding carboxylic acids is 1. The molecule has 1 unspecified atom stereocenters. The molecule has 0 spiro atoms. The van der Waals surface area contributed by atoms with Crippen LogP contribution in [0.4, 0.5) is 6.01 Å². The van der Waals surface area contributed by atoms with Gasteiger partial charge in [-0.15, -0.1) is 0 Å². The minimum absolute atomic E-state index is 0.273. The number of anilines is 1. The number of rotatable bonds is 8. The van der Waals surface area contributed by atoms with E-state index in [1.807, 2.05) is 0 Å². The van der Waals surface area contributed by atoms with Crippen molar-refractivity contribution in [1.82, 2.24) is 15.1 Å². The molecule has 0 radical (unpaired) electrons. The van der Waals surface area contributed by atoms with Crippen LogP contribution < -0.4 is 15.4 Å². The summed E-state index contributed by atoms with van der Waals surface area (Å²) < 4.78 is 11.2. The molecule has 1 fully saturated rings. The Balaban J connectivity index is 1.43. The highest BCUT2D eigenvalue weighted by Gasteiger charge is 2.26. The van der Waals surface area contributed by atoms with E-state index in [9.17, 15) is 4.79 Å². The summed E-state index contributed by atoms with van der Waals surface area (Å²) >= 11 is 0. The van der Waals surface area contributed by atoms with Gasteiger partial charge in [-0.2, -0.15) is 4.98 Å². The van der Waals surface area contributed by atoms with Crippen molar-refractivity contribution in [3.8, 4) is 5.88 Å². The highest BCUT2D eigenvalue weighted by molar-refractivity contribution is 5.93. The fourth-order valence-corrected chi connectivity index (χ4v) is 3.71. The molecule has 29 heavy (non-hydrogen) atoms. The number of nitrogens with zero attached hydrogens (tertiary/aromatic N) is 4. The summed E-state index contributed by atoms with van der Waals surface area (Å²) in [6.45, 7) is 10.6. The number of nitrogens with two attached hydrogens (primary N) is 1. The van der Waals surface area contributed by atoms with Crippen molar-refractivity contribution in [3.05, 3.63) is 29.2 Å². The molecule has 1 atom stereocenters. The zero-order valence-corrected chi connectivity index (χ0v) is 17.7. The zero-order valence-electron chi connectivity index (χ0n) is 17.7. The Hall–Kier alpha value is -2.64. The summed E-state index contributed by atoms with van der Waals surface area (Å²) in [5, 5.41) is 4.06. The Morgan fingerprint density at radius 2 is 2.00 bits per heavy atom. The van der Waals surface area contributed by atoms with Crippen LogP contribution in [0, 0.1) is 18.8 Å². The van der Waals surface area contributed by atoms with Crippen molar-refractivity contribution in [2.75, 3.05) is 24.6 Å². The SMILES string of the molecule is Cc1nc(OCCC(C)C2CCN(c3nc(C(C)C)no3)CC2)ccc1C(N)=O. The summed E-state index contributed by atoms with van der Waals surface area (Å²) in [5.41, 5.74) is 6.34. The maximum atomic E-state index is 11.3. The highest BCUT2D eigenvalue weighted by atomic mass is 16.5. The number of pyridine rings is 1. The summed E-state index contributed by atoms with van der Waals surface area (Å²) in [6, 6.07) is 4.01. The lowest BCUT2D eigenvalue weighted by Crippen LogP contribution is -2.36. The molecule has 0 aromatic carbocycles. The van der Waals surface area contributed by atoms with E-state index in [0.29, 0.717) is 41.6 Å². The number of piperidine rings is 1. The largest absolute Gasteiger partial charge is 0.478 e.